The Bertz CT molecular complexity index is 535. The molecule has 1 aromatic rings. The van der Waals surface area contributed by atoms with E-state index in [0.29, 0.717) is 30.3 Å². The molecule has 98 valence electrons. The average molecular weight is 257 g/mol. The molecule has 1 aliphatic heterocycles. The lowest BCUT2D eigenvalue weighted by molar-refractivity contribution is -0.118. The second-order valence-corrected chi connectivity index (χ2v) is 4.84. The molecule has 1 N–H and O–H groups in total. The van der Waals surface area contributed by atoms with E-state index in [0.717, 1.165) is 12.8 Å². The Morgan fingerprint density at radius 3 is 2.63 bits per heavy atom. The van der Waals surface area contributed by atoms with Gasteiger partial charge in [0, 0.05) is 18.9 Å². The summed E-state index contributed by atoms with van der Waals surface area (Å²) in [6, 6.07) is 9.49. The molecule has 2 aliphatic rings. The number of amides is 2. The molecule has 1 aromatic carbocycles. The Balaban J connectivity index is 1.81. The van der Waals surface area contributed by atoms with Crippen molar-refractivity contribution in [2.45, 2.75) is 31.7 Å². The van der Waals surface area contributed by atoms with E-state index in [-0.39, 0.29) is 11.8 Å². The van der Waals surface area contributed by atoms with Crippen LogP contribution in [0.25, 0.3) is 0 Å². The van der Waals surface area contributed by atoms with Gasteiger partial charge in [-0.2, -0.15) is 5.10 Å². The number of para-hydroxylation sites is 1. The van der Waals surface area contributed by atoms with Gasteiger partial charge in [0.25, 0.3) is 5.91 Å². The van der Waals surface area contributed by atoms with Gasteiger partial charge in [-0.15, -0.1) is 0 Å². The van der Waals surface area contributed by atoms with Crippen LogP contribution in [-0.2, 0) is 9.59 Å². The molecule has 0 bridgehead atoms. The van der Waals surface area contributed by atoms with Gasteiger partial charge in [-0.1, -0.05) is 18.2 Å². The monoisotopic (exact) mass is 257 g/mol. The summed E-state index contributed by atoms with van der Waals surface area (Å²) in [6.07, 6.45) is 2.83. The van der Waals surface area contributed by atoms with E-state index in [9.17, 15) is 9.59 Å². The predicted octanol–water partition coefficient (Wildman–Crippen LogP) is 1.45. The molecule has 2 amide bonds. The number of anilines is 1. The highest BCUT2D eigenvalue weighted by molar-refractivity contribution is 6.40. The number of nitrogens with one attached hydrogen (secondary N) is 1. The average Bonchev–Trinajstić information content (AvgIpc) is 3.24. The number of hydrazone groups is 1. The standard InChI is InChI=1S/C14H15N3O2/c18-13-9-8-12(14(19)15-10-6-7-10)16-17(13)11-4-2-1-3-5-11/h1-5,10H,6-9H2,(H,15,19). The molecule has 0 spiro atoms. The van der Waals surface area contributed by atoms with Gasteiger partial charge in [-0.3, -0.25) is 9.59 Å². The molecule has 3 rings (SSSR count). The Labute approximate surface area is 111 Å². The zero-order valence-electron chi connectivity index (χ0n) is 10.5. The third kappa shape index (κ3) is 2.65. The number of carbonyl (C=O) groups is 2. The summed E-state index contributed by atoms with van der Waals surface area (Å²) in [6.45, 7) is 0. The summed E-state index contributed by atoms with van der Waals surface area (Å²) in [5.41, 5.74) is 1.14. The summed E-state index contributed by atoms with van der Waals surface area (Å²) in [7, 11) is 0. The van der Waals surface area contributed by atoms with Gasteiger partial charge in [0.15, 0.2) is 0 Å². The van der Waals surface area contributed by atoms with Crippen molar-refractivity contribution in [1.82, 2.24) is 5.32 Å². The van der Waals surface area contributed by atoms with Gasteiger partial charge in [0.05, 0.1) is 5.69 Å². The molecule has 5 nitrogen and oxygen atoms in total. The molecule has 1 aliphatic carbocycles. The molecule has 0 saturated heterocycles. The quantitative estimate of drug-likeness (QED) is 0.890. The highest BCUT2D eigenvalue weighted by atomic mass is 16.2. The van der Waals surface area contributed by atoms with Crippen molar-refractivity contribution in [3.05, 3.63) is 30.3 Å². The van der Waals surface area contributed by atoms with Crippen LogP contribution in [0.4, 0.5) is 5.69 Å². The molecular weight excluding hydrogens is 242 g/mol. The number of benzene rings is 1. The van der Waals surface area contributed by atoms with Crippen molar-refractivity contribution in [2.75, 3.05) is 5.01 Å². The van der Waals surface area contributed by atoms with Gasteiger partial charge >= 0.3 is 0 Å². The van der Waals surface area contributed by atoms with Crippen LogP contribution in [-0.4, -0.2) is 23.6 Å². The van der Waals surface area contributed by atoms with E-state index in [2.05, 4.69) is 10.4 Å². The first-order valence-corrected chi connectivity index (χ1v) is 6.50. The van der Waals surface area contributed by atoms with Crippen LogP contribution >= 0.6 is 0 Å². The van der Waals surface area contributed by atoms with Crippen LogP contribution in [0.1, 0.15) is 25.7 Å². The van der Waals surface area contributed by atoms with E-state index in [1.54, 1.807) is 0 Å². The summed E-state index contributed by atoms with van der Waals surface area (Å²) in [5, 5.41) is 8.43. The third-order valence-electron chi connectivity index (χ3n) is 3.21. The van der Waals surface area contributed by atoms with Crippen LogP contribution in [0.5, 0.6) is 0 Å². The van der Waals surface area contributed by atoms with E-state index in [4.69, 9.17) is 0 Å². The lowest BCUT2D eigenvalue weighted by Gasteiger charge is -2.23. The number of hydrogen-bond donors (Lipinski definition) is 1. The van der Waals surface area contributed by atoms with Crippen molar-refractivity contribution in [2.24, 2.45) is 5.10 Å². The first-order valence-electron chi connectivity index (χ1n) is 6.50. The highest BCUT2D eigenvalue weighted by Gasteiger charge is 2.29. The van der Waals surface area contributed by atoms with E-state index in [1.165, 1.54) is 5.01 Å². The third-order valence-corrected chi connectivity index (χ3v) is 3.21. The maximum absolute atomic E-state index is 12.0. The molecule has 19 heavy (non-hydrogen) atoms. The van der Waals surface area contributed by atoms with E-state index < -0.39 is 0 Å². The second kappa shape index (κ2) is 4.84. The number of hydrogen-bond acceptors (Lipinski definition) is 3. The normalized spacial score (nSPS) is 19.1. The molecule has 0 unspecified atom stereocenters. The number of carbonyl (C=O) groups excluding carboxylic acids is 2. The minimum atomic E-state index is -0.143. The lowest BCUT2D eigenvalue weighted by Crippen LogP contribution is -2.39. The summed E-state index contributed by atoms with van der Waals surface area (Å²) >= 11 is 0. The second-order valence-electron chi connectivity index (χ2n) is 4.84. The highest BCUT2D eigenvalue weighted by Crippen LogP contribution is 2.21. The molecule has 1 saturated carbocycles. The van der Waals surface area contributed by atoms with E-state index >= 15 is 0 Å². The van der Waals surface area contributed by atoms with Crippen LogP contribution in [0.15, 0.2) is 35.4 Å². The predicted molar refractivity (Wildman–Crippen MR) is 71.8 cm³/mol. The fourth-order valence-electron chi connectivity index (χ4n) is 1.98. The van der Waals surface area contributed by atoms with Crippen molar-refractivity contribution in [1.29, 1.82) is 0 Å². The Morgan fingerprint density at radius 2 is 1.95 bits per heavy atom. The van der Waals surface area contributed by atoms with Gasteiger partial charge in [0.1, 0.15) is 5.71 Å². The van der Waals surface area contributed by atoms with Crippen LogP contribution < -0.4 is 10.3 Å². The van der Waals surface area contributed by atoms with Crippen molar-refractivity contribution >= 4 is 23.2 Å². The first kappa shape index (κ1) is 11.9. The first-order chi connectivity index (χ1) is 9.24. The summed E-state index contributed by atoms with van der Waals surface area (Å²) in [4.78, 5) is 23.8. The van der Waals surface area contributed by atoms with Crippen LogP contribution in [0, 0.1) is 0 Å². The molecule has 0 atom stereocenters. The molecular formula is C14H15N3O2. The Kier molecular flexibility index (Phi) is 3.03. The molecule has 5 heteroatoms. The maximum atomic E-state index is 12.0. The Hall–Kier alpha value is -2.17. The fraction of sp³-hybridized carbons (Fsp3) is 0.357. The number of rotatable bonds is 3. The van der Waals surface area contributed by atoms with Gasteiger partial charge in [0.2, 0.25) is 5.91 Å². The molecule has 0 aromatic heterocycles. The smallest absolute Gasteiger partial charge is 0.267 e. The zero-order chi connectivity index (χ0) is 13.2. The SMILES string of the molecule is O=C(NC1CC1)C1=NN(c2ccccc2)C(=O)CC1. The number of nitrogens with zero attached hydrogens (tertiary/aromatic N) is 2. The fourth-order valence-corrected chi connectivity index (χ4v) is 1.98. The van der Waals surface area contributed by atoms with Gasteiger partial charge < -0.3 is 5.32 Å². The summed E-state index contributed by atoms with van der Waals surface area (Å²) < 4.78 is 0. The molecule has 1 heterocycles. The molecule has 0 radical (unpaired) electrons. The largest absolute Gasteiger partial charge is 0.348 e. The van der Waals surface area contributed by atoms with Gasteiger partial charge in [-0.05, 0) is 25.0 Å². The maximum Gasteiger partial charge on any atom is 0.267 e. The minimum Gasteiger partial charge on any atom is -0.348 e. The van der Waals surface area contributed by atoms with E-state index in [1.807, 2.05) is 30.3 Å². The van der Waals surface area contributed by atoms with Crippen molar-refractivity contribution < 1.29 is 9.59 Å². The van der Waals surface area contributed by atoms with Crippen LogP contribution in [0.2, 0.25) is 0 Å². The van der Waals surface area contributed by atoms with Crippen LogP contribution in [0.3, 0.4) is 0 Å². The lowest BCUT2D eigenvalue weighted by atomic mass is 10.1. The van der Waals surface area contributed by atoms with Crippen molar-refractivity contribution in [3.8, 4) is 0 Å². The van der Waals surface area contributed by atoms with Crippen molar-refractivity contribution in [3.63, 3.8) is 0 Å². The topological polar surface area (TPSA) is 61.8 Å². The van der Waals surface area contributed by atoms with Gasteiger partial charge in [-0.25, -0.2) is 5.01 Å². The molecule has 1 fully saturated rings. The Morgan fingerprint density at radius 1 is 1.21 bits per heavy atom. The zero-order valence-corrected chi connectivity index (χ0v) is 10.5. The summed E-state index contributed by atoms with van der Waals surface area (Å²) in [5.74, 6) is -0.217. The minimum absolute atomic E-state index is 0.0748.